The van der Waals surface area contributed by atoms with Crippen LogP contribution in [0.25, 0.3) is 11.6 Å². The highest BCUT2D eigenvalue weighted by atomic mass is 16.5. The summed E-state index contributed by atoms with van der Waals surface area (Å²) in [6.07, 6.45) is 6.21. The van der Waals surface area contributed by atoms with Crippen molar-refractivity contribution in [3.05, 3.63) is 48.2 Å². The third kappa shape index (κ3) is 2.75. The SMILES string of the molecule is Cc1cccnc1-c1nnc([C@H]2OCC[C@H]2Cn2cccn2)o1. The Balaban J connectivity index is 1.57. The van der Waals surface area contributed by atoms with Crippen molar-refractivity contribution in [3.63, 3.8) is 0 Å². The second-order valence-corrected chi connectivity index (χ2v) is 5.68. The summed E-state index contributed by atoms with van der Waals surface area (Å²) in [7, 11) is 0. The Bertz CT molecular complexity index is 783. The molecule has 1 aliphatic heterocycles. The standard InChI is InChI=1S/C16H17N5O2/c1-11-4-2-6-17-13(11)15-19-20-16(23-15)14-12(5-9-22-14)10-21-8-3-7-18-21/h2-4,6-8,12,14H,5,9-10H2,1H3/t12-,14-/m0/s1. The number of ether oxygens (including phenoxy) is 1. The molecule has 0 unspecified atom stereocenters. The van der Waals surface area contributed by atoms with E-state index in [-0.39, 0.29) is 12.0 Å². The second-order valence-electron chi connectivity index (χ2n) is 5.68. The van der Waals surface area contributed by atoms with Crippen LogP contribution in [0.4, 0.5) is 0 Å². The van der Waals surface area contributed by atoms with Crippen molar-refractivity contribution < 1.29 is 9.15 Å². The molecule has 1 aliphatic rings. The fourth-order valence-electron chi connectivity index (χ4n) is 2.90. The van der Waals surface area contributed by atoms with E-state index < -0.39 is 0 Å². The Kier molecular flexibility index (Phi) is 3.63. The zero-order chi connectivity index (χ0) is 15.6. The Morgan fingerprint density at radius 3 is 3.04 bits per heavy atom. The first-order chi connectivity index (χ1) is 11.3. The molecule has 3 aromatic heterocycles. The fraction of sp³-hybridized carbons (Fsp3) is 0.375. The molecule has 7 heteroatoms. The van der Waals surface area contributed by atoms with Crippen molar-refractivity contribution in [2.75, 3.05) is 6.61 Å². The van der Waals surface area contributed by atoms with E-state index in [4.69, 9.17) is 9.15 Å². The molecule has 7 nitrogen and oxygen atoms in total. The number of hydrogen-bond donors (Lipinski definition) is 0. The molecule has 0 aromatic carbocycles. The van der Waals surface area contributed by atoms with Gasteiger partial charge in [-0.1, -0.05) is 6.07 Å². The zero-order valence-electron chi connectivity index (χ0n) is 12.8. The molecule has 1 saturated heterocycles. The van der Waals surface area contributed by atoms with Gasteiger partial charge in [-0.25, -0.2) is 0 Å². The van der Waals surface area contributed by atoms with E-state index in [0.717, 1.165) is 18.5 Å². The van der Waals surface area contributed by atoms with Crippen molar-refractivity contribution in [3.8, 4) is 11.6 Å². The lowest BCUT2D eigenvalue weighted by Gasteiger charge is -2.14. The van der Waals surface area contributed by atoms with Crippen LogP contribution in [-0.4, -0.2) is 31.6 Å². The predicted molar refractivity (Wildman–Crippen MR) is 81.3 cm³/mol. The highest BCUT2D eigenvalue weighted by Gasteiger charge is 2.34. The van der Waals surface area contributed by atoms with Crippen LogP contribution < -0.4 is 0 Å². The number of nitrogens with zero attached hydrogens (tertiary/aromatic N) is 5. The number of aryl methyl sites for hydroxylation is 1. The van der Waals surface area contributed by atoms with Crippen LogP contribution in [0.5, 0.6) is 0 Å². The maximum absolute atomic E-state index is 5.84. The minimum Gasteiger partial charge on any atom is -0.416 e. The fourth-order valence-corrected chi connectivity index (χ4v) is 2.90. The molecule has 0 aliphatic carbocycles. The van der Waals surface area contributed by atoms with Crippen molar-refractivity contribution in [2.45, 2.75) is 26.0 Å². The Labute approximate surface area is 133 Å². The van der Waals surface area contributed by atoms with Gasteiger partial charge in [-0.2, -0.15) is 5.10 Å². The van der Waals surface area contributed by atoms with Gasteiger partial charge >= 0.3 is 0 Å². The highest BCUT2D eigenvalue weighted by molar-refractivity contribution is 5.51. The van der Waals surface area contributed by atoms with Crippen LogP contribution >= 0.6 is 0 Å². The van der Waals surface area contributed by atoms with Crippen molar-refractivity contribution in [2.24, 2.45) is 5.92 Å². The van der Waals surface area contributed by atoms with E-state index in [1.165, 1.54) is 0 Å². The lowest BCUT2D eigenvalue weighted by atomic mass is 10.0. The van der Waals surface area contributed by atoms with Crippen molar-refractivity contribution in [1.29, 1.82) is 0 Å². The molecule has 0 radical (unpaired) electrons. The first kappa shape index (κ1) is 14.1. The highest BCUT2D eigenvalue weighted by Crippen LogP contribution is 2.35. The molecule has 0 amide bonds. The molecule has 4 heterocycles. The maximum Gasteiger partial charge on any atom is 0.266 e. The molecule has 1 fully saturated rings. The van der Waals surface area contributed by atoms with Gasteiger partial charge < -0.3 is 9.15 Å². The van der Waals surface area contributed by atoms with Gasteiger partial charge in [0.1, 0.15) is 11.8 Å². The lowest BCUT2D eigenvalue weighted by molar-refractivity contribution is 0.0633. The Morgan fingerprint density at radius 2 is 2.22 bits per heavy atom. The summed E-state index contributed by atoms with van der Waals surface area (Å²) >= 11 is 0. The molecule has 4 rings (SSSR count). The summed E-state index contributed by atoms with van der Waals surface area (Å²) in [4.78, 5) is 4.32. The average Bonchev–Trinajstić information content (AvgIpc) is 3.28. The molecule has 118 valence electrons. The van der Waals surface area contributed by atoms with Gasteiger partial charge in [0.2, 0.25) is 5.89 Å². The Hall–Kier alpha value is -2.54. The summed E-state index contributed by atoms with van der Waals surface area (Å²) in [5.74, 6) is 1.22. The molecule has 23 heavy (non-hydrogen) atoms. The van der Waals surface area contributed by atoms with Crippen LogP contribution in [0, 0.1) is 12.8 Å². The predicted octanol–water partition coefficient (Wildman–Crippen LogP) is 2.41. The number of pyridine rings is 1. The minimum atomic E-state index is -0.190. The number of hydrogen-bond acceptors (Lipinski definition) is 6. The first-order valence-electron chi connectivity index (χ1n) is 7.65. The van der Waals surface area contributed by atoms with E-state index in [1.54, 1.807) is 12.4 Å². The van der Waals surface area contributed by atoms with Gasteiger partial charge in [-0.3, -0.25) is 9.67 Å². The minimum absolute atomic E-state index is 0.190. The Morgan fingerprint density at radius 1 is 1.26 bits per heavy atom. The summed E-state index contributed by atoms with van der Waals surface area (Å²) in [6.45, 7) is 3.44. The van der Waals surface area contributed by atoms with Crippen LogP contribution in [0.15, 0.2) is 41.2 Å². The van der Waals surface area contributed by atoms with Crippen LogP contribution in [-0.2, 0) is 11.3 Å². The molecule has 0 N–H and O–H groups in total. The molecule has 0 bridgehead atoms. The summed E-state index contributed by atoms with van der Waals surface area (Å²) in [6, 6.07) is 5.77. The van der Waals surface area contributed by atoms with Gasteiger partial charge in [0.25, 0.3) is 5.89 Å². The van der Waals surface area contributed by atoms with E-state index in [0.29, 0.717) is 24.1 Å². The zero-order valence-corrected chi connectivity index (χ0v) is 12.8. The smallest absolute Gasteiger partial charge is 0.266 e. The summed E-state index contributed by atoms with van der Waals surface area (Å²) in [5.41, 5.74) is 1.72. The van der Waals surface area contributed by atoms with E-state index in [2.05, 4.69) is 20.3 Å². The molecule has 0 spiro atoms. The van der Waals surface area contributed by atoms with Crippen LogP contribution in [0.3, 0.4) is 0 Å². The van der Waals surface area contributed by atoms with Crippen LogP contribution in [0.1, 0.15) is 24.0 Å². The summed E-state index contributed by atoms with van der Waals surface area (Å²) in [5, 5.41) is 12.6. The largest absolute Gasteiger partial charge is 0.416 e. The lowest BCUT2D eigenvalue weighted by Crippen LogP contribution is -2.15. The third-order valence-electron chi connectivity index (χ3n) is 4.09. The van der Waals surface area contributed by atoms with E-state index in [1.807, 2.05) is 36.0 Å². The molecular formula is C16H17N5O2. The molecule has 2 atom stereocenters. The normalized spacial score (nSPS) is 20.9. The maximum atomic E-state index is 5.84. The molecular weight excluding hydrogens is 294 g/mol. The third-order valence-corrected chi connectivity index (χ3v) is 4.09. The van der Waals surface area contributed by atoms with Gasteiger partial charge in [0.05, 0.1) is 0 Å². The van der Waals surface area contributed by atoms with Gasteiger partial charge in [0, 0.05) is 37.7 Å². The monoisotopic (exact) mass is 311 g/mol. The number of aromatic nitrogens is 5. The molecule has 3 aromatic rings. The average molecular weight is 311 g/mol. The van der Waals surface area contributed by atoms with E-state index in [9.17, 15) is 0 Å². The quantitative estimate of drug-likeness (QED) is 0.736. The van der Waals surface area contributed by atoms with Gasteiger partial charge in [0.15, 0.2) is 0 Å². The second kappa shape index (κ2) is 5.92. The number of rotatable bonds is 4. The van der Waals surface area contributed by atoms with Crippen molar-refractivity contribution >= 4 is 0 Å². The topological polar surface area (TPSA) is 78.9 Å². The van der Waals surface area contributed by atoms with E-state index >= 15 is 0 Å². The van der Waals surface area contributed by atoms with Gasteiger partial charge in [-0.05, 0) is 31.0 Å². The summed E-state index contributed by atoms with van der Waals surface area (Å²) < 4.78 is 13.6. The van der Waals surface area contributed by atoms with Gasteiger partial charge in [-0.15, -0.1) is 10.2 Å². The molecule has 0 saturated carbocycles. The van der Waals surface area contributed by atoms with Crippen LogP contribution in [0.2, 0.25) is 0 Å². The first-order valence-corrected chi connectivity index (χ1v) is 7.65. The van der Waals surface area contributed by atoms with Crippen molar-refractivity contribution in [1.82, 2.24) is 25.0 Å².